The summed E-state index contributed by atoms with van der Waals surface area (Å²) in [5.41, 5.74) is 3.23. The molecular weight excluding hydrogens is 186 g/mol. The van der Waals surface area contributed by atoms with Gasteiger partial charge in [-0.1, -0.05) is 18.2 Å². The Morgan fingerprint density at radius 3 is 3.27 bits per heavy atom. The van der Waals surface area contributed by atoms with Gasteiger partial charge in [0.05, 0.1) is 6.04 Å². The highest BCUT2D eigenvalue weighted by Crippen LogP contribution is 2.30. The number of Topliss-reactive ketones (excluding diaryl/α,β-unsaturated/α-hetero) is 1. The van der Waals surface area contributed by atoms with E-state index in [0.717, 1.165) is 36.1 Å². The normalized spacial score (nSPS) is 28.7. The second-order valence-electron chi connectivity index (χ2n) is 4.26. The number of carbonyl (C=O) groups excluding carboxylic acids is 1. The van der Waals surface area contributed by atoms with Crippen molar-refractivity contribution in [3.05, 3.63) is 35.5 Å². The smallest absolute Gasteiger partial charge is 0.161 e. The van der Waals surface area contributed by atoms with E-state index in [2.05, 4.69) is 17.1 Å². The van der Waals surface area contributed by atoms with Crippen LogP contribution in [-0.2, 0) is 4.79 Å². The van der Waals surface area contributed by atoms with Crippen molar-refractivity contribution in [1.29, 1.82) is 0 Å². The maximum atomic E-state index is 11.7. The Bertz CT molecular complexity index is 437. The van der Waals surface area contributed by atoms with Crippen molar-refractivity contribution in [3.8, 4) is 0 Å². The molecular formula is C13H13NO. The third-order valence-electron chi connectivity index (χ3n) is 3.24. The number of hydrogen-bond acceptors (Lipinski definition) is 2. The highest BCUT2D eigenvalue weighted by atomic mass is 16.1. The van der Waals surface area contributed by atoms with E-state index in [1.54, 1.807) is 0 Å². The van der Waals surface area contributed by atoms with Crippen LogP contribution in [0.3, 0.4) is 0 Å². The summed E-state index contributed by atoms with van der Waals surface area (Å²) in [4.78, 5) is 16.4. The quantitative estimate of drug-likeness (QED) is 0.589. The van der Waals surface area contributed by atoms with Crippen molar-refractivity contribution < 1.29 is 4.79 Å². The Morgan fingerprint density at radius 2 is 2.33 bits per heavy atom. The standard InChI is InChI=1S/C13H13NO/c15-13-7-3-6-12-10(13)8-9-4-1-2-5-11(9)14-12/h1-2,4,8,12H,3,5-7H2. The van der Waals surface area contributed by atoms with Gasteiger partial charge in [0.15, 0.2) is 5.78 Å². The number of nitrogens with zero attached hydrogens (tertiary/aromatic N) is 1. The lowest BCUT2D eigenvalue weighted by molar-refractivity contribution is -0.116. The second kappa shape index (κ2) is 3.30. The fraction of sp³-hybridized carbons (Fsp3) is 0.385. The van der Waals surface area contributed by atoms with Crippen LogP contribution in [-0.4, -0.2) is 17.5 Å². The van der Waals surface area contributed by atoms with Gasteiger partial charge in [0.2, 0.25) is 0 Å². The molecule has 76 valence electrons. The van der Waals surface area contributed by atoms with E-state index in [9.17, 15) is 4.79 Å². The Labute approximate surface area is 89.1 Å². The molecule has 1 saturated carbocycles. The molecule has 1 unspecified atom stereocenters. The van der Waals surface area contributed by atoms with E-state index in [1.807, 2.05) is 12.2 Å². The number of aliphatic imine (C=N–C) groups is 1. The molecule has 0 radical (unpaired) electrons. The van der Waals surface area contributed by atoms with E-state index >= 15 is 0 Å². The first kappa shape index (κ1) is 8.84. The molecule has 3 aliphatic rings. The van der Waals surface area contributed by atoms with Gasteiger partial charge in [0.25, 0.3) is 0 Å². The number of dihydropyridines is 1. The highest BCUT2D eigenvalue weighted by molar-refractivity contribution is 6.09. The van der Waals surface area contributed by atoms with E-state index in [0.29, 0.717) is 12.2 Å². The lowest BCUT2D eigenvalue weighted by atomic mass is 9.84. The van der Waals surface area contributed by atoms with Gasteiger partial charge in [-0.2, -0.15) is 0 Å². The minimum atomic E-state index is 0.157. The summed E-state index contributed by atoms with van der Waals surface area (Å²) in [6, 6.07) is 0.157. The lowest BCUT2D eigenvalue weighted by Crippen LogP contribution is -2.27. The largest absolute Gasteiger partial charge is 0.294 e. The molecule has 0 aromatic rings. The summed E-state index contributed by atoms with van der Waals surface area (Å²) in [5.74, 6) is 0.296. The molecule has 0 saturated heterocycles. The molecule has 2 heteroatoms. The van der Waals surface area contributed by atoms with Crippen LogP contribution < -0.4 is 0 Å². The molecule has 0 N–H and O–H groups in total. The van der Waals surface area contributed by atoms with E-state index in [4.69, 9.17) is 0 Å². The summed E-state index contributed by atoms with van der Waals surface area (Å²) in [6.45, 7) is 0. The molecule has 0 bridgehead atoms. The zero-order valence-electron chi connectivity index (χ0n) is 8.57. The van der Waals surface area contributed by atoms with E-state index in [-0.39, 0.29) is 6.04 Å². The first-order valence-corrected chi connectivity index (χ1v) is 5.53. The molecule has 1 atom stereocenters. The molecule has 1 aliphatic heterocycles. The van der Waals surface area contributed by atoms with Gasteiger partial charge in [0.1, 0.15) is 0 Å². The van der Waals surface area contributed by atoms with E-state index in [1.165, 1.54) is 0 Å². The highest BCUT2D eigenvalue weighted by Gasteiger charge is 2.29. The van der Waals surface area contributed by atoms with Crippen molar-refractivity contribution >= 4 is 11.5 Å². The Morgan fingerprint density at radius 1 is 1.40 bits per heavy atom. The van der Waals surface area contributed by atoms with Crippen molar-refractivity contribution in [2.75, 3.05) is 0 Å². The fourth-order valence-corrected chi connectivity index (χ4v) is 2.43. The Hall–Kier alpha value is -1.44. The minimum absolute atomic E-state index is 0.157. The van der Waals surface area contributed by atoms with Crippen LogP contribution in [0, 0.1) is 0 Å². The van der Waals surface area contributed by atoms with Crippen molar-refractivity contribution in [2.24, 2.45) is 4.99 Å². The molecule has 15 heavy (non-hydrogen) atoms. The van der Waals surface area contributed by atoms with Gasteiger partial charge in [-0.25, -0.2) is 0 Å². The molecule has 0 aromatic heterocycles. The molecule has 2 nitrogen and oxygen atoms in total. The molecule has 0 amide bonds. The maximum Gasteiger partial charge on any atom is 0.161 e. The molecule has 0 spiro atoms. The van der Waals surface area contributed by atoms with Crippen LogP contribution in [0.4, 0.5) is 0 Å². The fourth-order valence-electron chi connectivity index (χ4n) is 2.43. The number of ketones is 1. The van der Waals surface area contributed by atoms with Crippen molar-refractivity contribution in [2.45, 2.75) is 31.7 Å². The zero-order valence-corrected chi connectivity index (χ0v) is 8.57. The summed E-state index contributed by atoms with van der Waals surface area (Å²) >= 11 is 0. The van der Waals surface area contributed by atoms with Gasteiger partial charge < -0.3 is 0 Å². The van der Waals surface area contributed by atoms with Crippen LogP contribution in [0.1, 0.15) is 25.7 Å². The topological polar surface area (TPSA) is 29.4 Å². The van der Waals surface area contributed by atoms with Gasteiger partial charge in [-0.05, 0) is 24.5 Å². The molecule has 1 fully saturated rings. The van der Waals surface area contributed by atoms with Gasteiger partial charge in [-0.3, -0.25) is 9.79 Å². The van der Waals surface area contributed by atoms with Crippen molar-refractivity contribution in [1.82, 2.24) is 0 Å². The number of allylic oxidation sites excluding steroid dienone is 5. The number of carbonyl (C=O) groups is 1. The predicted octanol–water partition coefficient (Wildman–Crippen LogP) is 2.38. The van der Waals surface area contributed by atoms with Gasteiger partial charge in [-0.15, -0.1) is 0 Å². The summed E-state index contributed by atoms with van der Waals surface area (Å²) in [5, 5.41) is 0. The third-order valence-corrected chi connectivity index (χ3v) is 3.24. The van der Waals surface area contributed by atoms with Crippen LogP contribution in [0.15, 0.2) is 40.4 Å². The molecule has 0 aromatic carbocycles. The van der Waals surface area contributed by atoms with Gasteiger partial charge in [0, 0.05) is 24.1 Å². The predicted molar refractivity (Wildman–Crippen MR) is 60.0 cm³/mol. The summed E-state index contributed by atoms with van der Waals surface area (Å²) in [6.07, 6.45) is 11.9. The minimum Gasteiger partial charge on any atom is -0.294 e. The molecule has 3 rings (SSSR count). The Balaban J connectivity index is 2.04. The van der Waals surface area contributed by atoms with Crippen LogP contribution >= 0.6 is 0 Å². The lowest BCUT2D eigenvalue weighted by Gasteiger charge is -2.27. The average Bonchev–Trinajstić information content (AvgIpc) is 2.27. The van der Waals surface area contributed by atoms with E-state index < -0.39 is 0 Å². The van der Waals surface area contributed by atoms with Crippen LogP contribution in [0.25, 0.3) is 0 Å². The number of rotatable bonds is 0. The maximum absolute atomic E-state index is 11.7. The SMILES string of the molecule is O=C1CCCC2N=C3CC=CC=C3C=C12. The number of fused-ring (bicyclic) bond motifs is 2. The monoisotopic (exact) mass is 199 g/mol. The molecule has 1 heterocycles. The number of hydrogen-bond donors (Lipinski definition) is 0. The van der Waals surface area contributed by atoms with Gasteiger partial charge >= 0.3 is 0 Å². The van der Waals surface area contributed by atoms with Crippen LogP contribution in [0.2, 0.25) is 0 Å². The second-order valence-corrected chi connectivity index (χ2v) is 4.26. The first-order chi connectivity index (χ1) is 7.34. The zero-order chi connectivity index (χ0) is 10.3. The van der Waals surface area contributed by atoms with Crippen LogP contribution in [0.5, 0.6) is 0 Å². The third kappa shape index (κ3) is 1.41. The van der Waals surface area contributed by atoms with Crippen molar-refractivity contribution in [3.63, 3.8) is 0 Å². The molecule has 2 aliphatic carbocycles. The summed E-state index contributed by atoms with van der Waals surface area (Å²) < 4.78 is 0. The Kier molecular flexibility index (Phi) is 1.94. The average molecular weight is 199 g/mol. The first-order valence-electron chi connectivity index (χ1n) is 5.53. The summed E-state index contributed by atoms with van der Waals surface area (Å²) in [7, 11) is 0.